The van der Waals surface area contributed by atoms with E-state index in [1.54, 1.807) is 13.2 Å². The van der Waals surface area contributed by atoms with Crippen molar-refractivity contribution >= 4 is 15.7 Å². The normalized spacial score (nSPS) is 11.5. The maximum Gasteiger partial charge on any atom is 0.271 e. The second-order valence-corrected chi connectivity index (χ2v) is 5.48. The number of sulfonamides is 1. The van der Waals surface area contributed by atoms with Crippen molar-refractivity contribution in [3.8, 4) is 11.1 Å². The average molecular weight is 282 g/mol. The van der Waals surface area contributed by atoms with Crippen molar-refractivity contribution < 1.29 is 13.3 Å². The van der Waals surface area contributed by atoms with Crippen LogP contribution in [0.1, 0.15) is 0 Å². The molecule has 0 radical (unpaired) electrons. The molecule has 8 nitrogen and oxygen atoms in total. The lowest BCUT2D eigenvalue weighted by Gasteiger charge is -2.02. The minimum atomic E-state index is -4.01. The molecule has 9 heteroatoms. The number of hydrogen-bond donors (Lipinski definition) is 1. The Morgan fingerprint density at radius 1 is 1.32 bits per heavy atom. The molecule has 1 aromatic heterocycles. The van der Waals surface area contributed by atoms with Gasteiger partial charge in [0.1, 0.15) is 0 Å². The number of benzene rings is 1. The molecule has 19 heavy (non-hydrogen) atoms. The first-order valence-electron chi connectivity index (χ1n) is 5.08. The van der Waals surface area contributed by atoms with Crippen molar-refractivity contribution in [2.75, 3.05) is 0 Å². The lowest BCUT2D eigenvalue weighted by molar-refractivity contribution is -0.385. The number of nitro benzene ring substituents is 1. The Kier molecular flexibility index (Phi) is 3.08. The van der Waals surface area contributed by atoms with Gasteiger partial charge in [-0.05, 0) is 11.6 Å². The molecule has 0 fully saturated rings. The van der Waals surface area contributed by atoms with Gasteiger partial charge >= 0.3 is 0 Å². The molecule has 0 saturated carbocycles. The van der Waals surface area contributed by atoms with E-state index < -0.39 is 14.9 Å². The van der Waals surface area contributed by atoms with Crippen LogP contribution in [0.4, 0.5) is 5.69 Å². The maximum absolute atomic E-state index is 11.3. The van der Waals surface area contributed by atoms with Crippen LogP contribution in [0.3, 0.4) is 0 Å². The van der Waals surface area contributed by atoms with Gasteiger partial charge in [0, 0.05) is 30.9 Å². The van der Waals surface area contributed by atoms with Crippen LogP contribution in [0.5, 0.6) is 0 Å². The van der Waals surface area contributed by atoms with E-state index in [0.29, 0.717) is 11.1 Å². The molecule has 0 aliphatic rings. The Hall–Kier alpha value is -2.26. The van der Waals surface area contributed by atoms with Gasteiger partial charge in [0.25, 0.3) is 5.69 Å². The summed E-state index contributed by atoms with van der Waals surface area (Å²) in [5.74, 6) is 0. The zero-order valence-corrected chi connectivity index (χ0v) is 10.7. The largest absolute Gasteiger partial charge is 0.275 e. The first kappa shape index (κ1) is 13.2. The molecule has 0 amide bonds. The van der Waals surface area contributed by atoms with Crippen molar-refractivity contribution in [2.24, 2.45) is 12.2 Å². The summed E-state index contributed by atoms with van der Waals surface area (Å²) in [6.45, 7) is 0. The van der Waals surface area contributed by atoms with E-state index in [9.17, 15) is 18.5 Å². The van der Waals surface area contributed by atoms with E-state index in [1.807, 2.05) is 0 Å². The van der Waals surface area contributed by atoms with Gasteiger partial charge in [-0.25, -0.2) is 13.6 Å². The topological polar surface area (TPSA) is 121 Å². The number of aromatic nitrogens is 2. The number of nitrogens with two attached hydrogens (primary N) is 1. The van der Waals surface area contributed by atoms with Gasteiger partial charge in [-0.1, -0.05) is 0 Å². The van der Waals surface area contributed by atoms with E-state index in [0.717, 1.165) is 6.07 Å². The number of hydrogen-bond acceptors (Lipinski definition) is 5. The first-order chi connectivity index (χ1) is 8.77. The van der Waals surface area contributed by atoms with E-state index in [-0.39, 0.29) is 10.6 Å². The summed E-state index contributed by atoms with van der Waals surface area (Å²) in [6.07, 6.45) is 3.10. The molecule has 0 atom stereocenters. The highest BCUT2D eigenvalue weighted by molar-refractivity contribution is 7.89. The van der Waals surface area contributed by atoms with Crippen LogP contribution in [-0.2, 0) is 17.1 Å². The van der Waals surface area contributed by atoms with Gasteiger partial charge < -0.3 is 0 Å². The van der Waals surface area contributed by atoms with Crippen LogP contribution < -0.4 is 5.14 Å². The third-order valence-electron chi connectivity index (χ3n) is 2.47. The number of non-ortho nitro benzene ring substituents is 1. The maximum atomic E-state index is 11.3. The van der Waals surface area contributed by atoms with Crippen molar-refractivity contribution in [3.05, 3.63) is 40.7 Å². The highest BCUT2D eigenvalue weighted by Gasteiger charge is 2.17. The van der Waals surface area contributed by atoms with Crippen LogP contribution in [-0.4, -0.2) is 23.1 Å². The van der Waals surface area contributed by atoms with Crippen LogP contribution >= 0.6 is 0 Å². The van der Waals surface area contributed by atoms with Gasteiger partial charge in [-0.2, -0.15) is 5.10 Å². The van der Waals surface area contributed by atoms with E-state index >= 15 is 0 Å². The van der Waals surface area contributed by atoms with Gasteiger partial charge in [0.05, 0.1) is 16.0 Å². The minimum absolute atomic E-state index is 0.305. The predicted octanol–water partition coefficient (Wildman–Crippen LogP) is 0.643. The van der Waals surface area contributed by atoms with E-state index in [4.69, 9.17) is 5.14 Å². The number of aryl methyl sites for hydroxylation is 1. The minimum Gasteiger partial charge on any atom is -0.275 e. The van der Waals surface area contributed by atoms with Crippen molar-refractivity contribution in [1.29, 1.82) is 0 Å². The molecular formula is C10H10N4O4S. The zero-order valence-electron chi connectivity index (χ0n) is 9.85. The van der Waals surface area contributed by atoms with Gasteiger partial charge in [-0.15, -0.1) is 0 Å². The molecule has 1 aromatic carbocycles. The fourth-order valence-corrected chi connectivity index (χ4v) is 2.17. The Labute approximate surface area is 108 Å². The third kappa shape index (κ3) is 2.77. The van der Waals surface area contributed by atoms with Crippen molar-refractivity contribution in [3.63, 3.8) is 0 Å². The second-order valence-electron chi connectivity index (χ2n) is 3.92. The van der Waals surface area contributed by atoms with Crippen molar-refractivity contribution in [2.45, 2.75) is 4.90 Å². The SMILES string of the molecule is Cn1cc(-c2cc([N+](=O)[O-])cc(S(N)(=O)=O)c2)cn1. The second kappa shape index (κ2) is 4.44. The predicted molar refractivity (Wildman–Crippen MR) is 66.7 cm³/mol. The fourth-order valence-electron chi connectivity index (χ4n) is 1.59. The summed E-state index contributed by atoms with van der Waals surface area (Å²) in [6, 6.07) is 3.47. The standard InChI is InChI=1S/C10H10N4O4S/c1-13-6-8(5-12-13)7-2-9(14(15)16)4-10(3-7)19(11,17)18/h2-6H,1H3,(H2,11,17,18). The summed E-state index contributed by atoms with van der Waals surface area (Å²) in [7, 11) is -2.33. The summed E-state index contributed by atoms with van der Waals surface area (Å²) in [5.41, 5.74) is 0.591. The molecule has 0 spiro atoms. The Morgan fingerprint density at radius 2 is 2.00 bits per heavy atom. The lowest BCUT2D eigenvalue weighted by atomic mass is 10.1. The number of rotatable bonds is 3. The van der Waals surface area contributed by atoms with Gasteiger partial charge in [-0.3, -0.25) is 14.8 Å². The molecule has 2 N–H and O–H groups in total. The molecule has 0 aliphatic heterocycles. The van der Waals surface area contributed by atoms with Gasteiger partial charge in [0.2, 0.25) is 10.0 Å². The number of nitrogens with zero attached hydrogens (tertiary/aromatic N) is 3. The molecule has 0 unspecified atom stereocenters. The molecular weight excluding hydrogens is 272 g/mol. The smallest absolute Gasteiger partial charge is 0.271 e. The zero-order chi connectivity index (χ0) is 14.2. The highest BCUT2D eigenvalue weighted by atomic mass is 32.2. The average Bonchev–Trinajstić information content (AvgIpc) is 2.74. The lowest BCUT2D eigenvalue weighted by Crippen LogP contribution is -2.12. The first-order valence-corrected chi connectivity index (χ1v) is 6.63. The van der Waals surface area contributed by atoms with E-state index in [1.165, 1.54) is 23.0 Å². The quantitative estimate of drug-likeness (QED) is 0.654. The van der Waals surface area contributed by atoms with E-state index in [2.05, 4.69) is 5.10 Å². The van der Waals surface area contributed by atoms with Gasteiger partial charge in [0.15, 0.2) is 0 Å². The Balaban J connectivity index is 2.68. The molecule has 0 aliphatic carbocycles. The highest BCUT2D eigenvalue weighted by Crippen LogP contribution is 2.27. The monoisotopic (exact) mass is 282 g/mol. The summed E-state index contributed by atoms with van der Waals surface area (Å²) >= 11 is 0. The van der Waals surface area contributed by atoms with Crippen LogP contribution in [0.2, 0.25) is 0 Å². The molecule has 0 bridgehead atoms. The third-order valence-corrected chi connectivity index (χ3v) is 3.36. The van der Waals surface area contributed by atoms with Crippen LogP contribution in [0.25, 0.3) is 11.1 Å². The summed E-state index contributed by atoms with van der Waals surface area (Å²) < 4.78 is 24.2. The summed E-state index contributed by atoms with van der Waals surface area (Å²) in [4.78, 5) is 9.84. The molecule has 1 heterocycles. The summed E-state index contributed by atoms with van der Waals surface area (Å²) in [5, 5.41) is 19.8. The molecule has 0 saturated heterocycles. The number of primary sulfonamides is 1. The molecule has 100 valence electrons. The Bertz CT molecular complexity index is 751. The van der Waals surface area contributed by atoms with Crippen LogP contribution in [0, 0.1) is 10.1 Å². The number of nitro groups is 1. The molecule has 2 rings (SSSR count). The van der Waals surface area contributed by atoms with Crippen LogP contribution in [0.15, 0.2) is 35.5 Å². The molecule has 2 aromatic rings. The van der Waals surface area contributed by atoms with Crippen molar-refractivity contribution in [1.82, 2.24) is 9.78 Å². The fraction of sp³-hybridized carbons (Fsp3) is 0.100. The Morgan fingerprint density at radius 3 is 2.47 bits per heavy atom.